The summed E-state index contributed by atoms with van der Waals surface area (Å²) in [6, 6.07) is 0.146. The van der Waals surface area contributed by atoms with Gasteiger partial charge >= 0.3 is 5.97 Å². The first-order valence-corrected chi connectivity index (χ1v) is 7.56. The van der Waals surface area contributed by atoms with E-state index in [0.717, 1.165) is 12.8 Å². The number of rotatable bonds is 4. The molecule has 1 saturated heterocycles. The summed E-state index contributed by atoms with van der Waals surface area (Å²) in [5.41, 5.74) is -0.420. The summed E-state index contributed by atoms with van der Waals surface area (Å²) >= 11 is 0. The van der Waals surface area contributed by atoms with Crippen LogP contribution in [0.5, 0.6) is 0 Å². The van der Waals surface area contributed by atoms with Crippen molar-refractivity contribution in [1.29, 1.82) is 0 Å². The Morgan fingerprint density at radius 2 is 1.90 bits per heavy atom. The lowest BCUT2D eigenvalue weighted by Gasteiger charge is -2.30. The molecule has 20 heavy (non-hydrogen) atoms. The van der Waals surface area contributed by atoms with Gasteiger partial charge in [0.25, 0.3) is 0 Å². The van der Waals surface area contributed by atoms with E-state index in [9.17, 15) is 9.59 Å². The van der Waals surface area contributed by atoms with Gasteiger partial charge in [-0.05, 0) is 37.0 Å². The Balaban J connectivity index is 1.55. The van der Waals surface area contributed by atoms with Crippen LogP contribution in [0.4, 0.5) is 0 Å². The molecule has 2 unspecified atom stereocenters. The van der Waals surface area contributed by atoms with Crippen LogP contribution < -0.4 is 5.32 Å². The minimum atomic E-state index is -0.863. The SMILES string of the molecule is CC1(C)[C@H](C(=O)O)[C@@H]1C(=O)NC1CCOC(C2CC2)C1. The molecular weight excluding hydrogens is 258 g/mol. The molecule has 0 bridgehead atoms. The molecule has 0 aromatic rings. The molecule has 2 aliphatic carbocycles. The first kappa shape index (κ1) is 13.9. The van der Waals surface area contributed by atoms with Gasteiger partial charge in [0.15, 0.2) is 0 Å². The Bertz CT molecular complexity index is 430. The number of carbonyl (C=O) groups excluding carboxylic acids is 1. The first-order valence-electron chi connectivity index (χ1n) is 7.56. The lowest BCUT2D eigenvalue weighted by molar-refractivity contribution is -0.140. The van der Waals surface area contributed by atoms with Crippen LogP contribution in [0.1, 0.15) is 39.5 Å². The first-order chi connectivity index (χ1) is 9.41. The summed E-state index contributed by atoms with van der Waals surface area (Å²) in [4.78, 5) is 23.4. The van der Waals surface area contributed by atoms with E-state index in [0.29, 0.717) is 12.5 Å². The fourth-order valence-corrected chi connectivity index (χ4v) is 3.63. The zero-order chi connectivity index (χ0) is 14.5. The Labute approximate surface area is 119 Å². The lowest BCUT2D eigenvalue weighted by Crippen LogP contribution is -2.43. The fourth-order valence-electron chi connectivity index (χ4n) is 3.63. The van der Waals surface area contributed by atoms with Gasteiger partial charge < -0.3 is 15.2 Å². The average Bonchev–Trinajstić information content (AvgIpc) is 3.24. The third kappa shape index (κ3) is 2.43. The average molecular weight is 281 g/mol. The number of amides is 1. The number of ether oxygens (including phenoxy) is 1. The van der Waals surface area contributed by atoms with E-state index in [-0.39, 0.29) is 24.0 Å². The highest BCUT2D eigenvalue weighted by atomic mass is 16.5. The van der Waals surface area contributed by atoms with Crippen molar-refractivity contribution in [1.82, 2.24) is 5.32 Å². The van der Waals surface area contributed by atoms with Crippen molar-refractivity contribution >= 4 is 11.9 Å². The molecule has 1 amide bonds. The van der Waals surface area contributed by atoms with Crippen LogP contribution in [0, 0.1) is 23.2 Å². The van der Waals surface area contributed by atoms with Crippen molar-refractivity contribution in [3.05, 3.63) is 0 Å². The second-order valence-electron chi connectivity index (χ2n) is 7.09. The van der Waals surface area contributed by atoms with Crippen LogP contribution in [0.2, 0.25) is 0 Å². The zero-order valence-electron chi connectivity index (χ0n) is 12.1. The molecule has 2 N–H and O–H groups in total. The molecule has 2 saturated carbocycles. The Kier molecular flexibility index (Phi) is 3.27. The van der Waals surface area contributed by atoms with E-state index in [4.69, 9.17) is 9.84 Å². The maximum absolute atomic E-state index is 12.3. The van der Waals surface area contributed by atoms with Crippen molar-refractivity contribution in [2.75, 3.05) is 6.61 Å². The van der Waals surface area contributed by atoms with E-state index < -0.39 is 17.3 Å². The van der Waals surface area contributed by atoms with Crippen LogP contribution in [-0.4, -0.2) is 35.7 Å². The zero-order valence-corrected chi connectivity index (χ0v) is 12.1. The number of carbonyl (C=O) groups is 2. The minimum absolute atomic E-state index is 0.0937. The van der Waals surface area contributed by atoms with Gasteiger partial charge in [-0.1, -0.05) is 13.8 Å². The van der Waals surface area contributed by atoms with Crippen LogP contribution in [0.3, 0.4) is 0 Å². The second-order valence-corrected chi connectivity index (χ2v) is 7.09. The molecular formula is C15H23NO4. The molecule has 112 valence electrons. The Morgan fingerprint density at radius 1 is 1.20 bits per heavy atom. The third-order valence-corrected chi connectivity index (χ3v) is 5.19. The van der Waals surface area contributed by atoms with E-state index >= 15 is 0 Å². The van der Waals surface area contributed by atoms with Gasteiger partial charge in [-0.25, -0.2) is 0 Å². The predicted octanol–water partition coefficient (Wildman–Crippen LogP) is 1.42. The van der Waals surface area contributed by atoms with Gasteiger partial charge in [-0.3, -0.25) is 9.59 Å². The van der Waals surface area contributed by atoms with Gasteiger partial charge in [-0.2, -0.15) is 0 Å². The monoisotopic (exact) mass is 281 g/mol. The number of hydrogen-bond donors (Lipinski definition) is 2. The summed E-state index contributed by atoms with van der Waals surface area (Å²) in [6.45, 7) is 4.41. The van der Waals surface area contributed by atoms with Crippen molar-refractivity contribution in [2.45, 2.75) is 51.7 Å². The van der Waals surface area contributed by atoms with Crippen molar-refractivity contribution < 1.29 is 19.4 Å². The van der Waals surface area contributed by atoms with Gasteiger partial charge in [0.1, 0.15) is 0 Å². The van der Waals surface area contributed by atoms with Crippen LogP contribution in [0.25, 0.3) is 0 Å². The summed E-state index contributed by atoms with van der Waals surface area (Å²) in [5, 5.41) is 12.2. The number of aliphatic carboxylic acids is 1. The molecule has 3 fully saturated rings. The summed E-state index contributed by atoms with van der Waals surface area (Å²) in [6.07, 6.45) is 4.47. The van der Waals surface area contributed by atoms with Gasteiger partial charge in [-0.15, -0.1) is 0 Å². The number of nitrogens with one attached hydrogen (secondary N) is 1. The predicted molar refractivity (Wildman–Crippen MR) is 72.0 cm³/mol. The Morgan fingerprint density at radius 3 is 2.45 bits per heavy atom. The highest BCUT2D eigenvalue weighted by molar-refractivity contribution is 5.91. The molecule has 5 heteroatoms. The topological polar surface area (TPSA) is 75.6 Å². The van der Waals surface area contributed by atoms with E-state index in [1.54, 1.807) is 0 Å². The summed E-state index contributed by atoms with van der Waals surface area (Å²) in [5.74, 6) is -1.20. The smallest absolute Gasteiger partial charge is 0.307 e. The fraction of sp³-hybridized carbons (Fsp3) is 0.867. The van der Waals surface area contributed by atoms with E-state index in [1.165, 1.54) is 12.8 Å². The van der Waals surface area contributed by atoms with Crippen molar-refractivity contribution in [3.63, 3.8) is 0 Å². The summed E-state index contributed by atoms with van der Waals surface area (Å²) in [7, 11) is 0. The number of hydrogen-bond acceptors (Lipinski definition) is 3. The largest absolute Gasteiger partial charge is 0.481 e. The second kappa shape index (κ2) is 4.72. The van der Waals surface area contributed by atoms with E-state index in [2.05, 4.69) is 5.32 Å². The lowest BCUT2D eigenvalue weighted by atomic mass is 9.99. The highest BCUT2D eigenvalue weighted by Crippen LogP contribution is 2.58. The number of carboxylic acid groups (broad SMARTS) is 1. The minimum Gasteiger partial charge on any atom is -0.481 e. The maximum atomic E-state index is 12.3. The molecule has 3 aliphatic rings. The third-order valence-electron chi connectivity index (χ3n) is 5.19. The van der Waals surface area contributed by atoms with Gasteiger partial charge in [0, 0.05) is 12.6 Å². The summed E-state index contributed by atoms with van der Waals surface area (Å²) < 4.78 is 5.74. The van der Waals surface area contributed by atoms with Crippen LogP contribution >= 0.6 is 0 Å². The van der Waals surface area contributed by atoms with Crippen molar-refractivity contribution in [3.8, 4) is 0 Å². The molecule has 1 aliphatic heterocycles. The normalized spacial score (nSPS) is 39.1. The van der Waals surface area contributed by atoms with Crippen LogP contribution in [0.15, 0.2) is 0 Å². The van der Waals surface area contributed by atoms with Gasteiger partial charge in [0.05, 0.1) is 17.9 Å². The molecule has 0 aromatic carbocycles. The van der Waals surface area contributed by atoms with Crippen molar-refractivity contribution in [2.24, 2.45) is 23.2 Å². The van der Waals surface area contributed by atoms with Crippen LogP contribution in [-0.2, 0) is 14.3 Å². The molecule has 0 aromatic heterocycles. The van der Waals surface area contributed by atoms with Gasteiger partial charge in [0.2, 0.25) is 5.91 Å². The molecule has 0 spiro atoms. The molecule has 0 radical (unpaired) electrons. The molecule has 5 nitrogen and oxygen atoms in total. The molecule has 3 rings (SSSR count). The maximum Gasteiger partial charge on any atom is 0.307 e. The highest BCUT2D eigenvalue weighted by Gasteiger charge is 2.66. The number of carboxylic acids is 1. The molecule has 1 heterocycles. The quantitative estimate of drug-likeness (QED) is 0.817. The molecule has 4 atom stereocenters. The standard InChI is InChI=1S/C15H23NO4/c1-15(2)11(12(15)14(18)19)13(17)16-9-5-6-20-10(7-9)8-3-4-8/h8-12H,3-7H2,1-2H3,(H,16,17)(H,18,19)/t9?,10?,11-,12+/m1/s1. The Hall–Kier alpha value is -1.10. The van der Waals surface area contributed by atoms with E-state index in [1.807, 2.05) is 13.8 Å².